The lowest BCUT2D eigenvalue weighted by atomic mass is 10.2. The zero-order valence-corrected chi connectivity index (χ0v) is 11.8. The number of nitrogens with zero attached hydrogens (tertiary/aromatic N) is 1. The van der Waals surface area contributed by atoms with Gasteiger partial charge in [-0.05, 0) is 12.1 Å². The van der Waals surface area contributed by atoms with Crippen LogP contribution >= 0.6 is 23.2 Å². The molecule has 8 heteroatoms. The second kappa shape index (κ2) is 7.58. The van der Waals surface area contributed by atoms with E-state index in [2.05, 4.69) is 5.32 Å². The van der Waals surface area contributed by atoms with Crippen molar-refractivity contribution in [3.63, 3.8) is 0 Å². The van der Waals surface area contributed by atoms with Gasteiger partial charge in [-0.15, -0.1) is 0 Å². The predicted molar refractivity (Wildman–Crippen MR) is 74.4 cm³/mol. The van der Waals surface area contributed by atoms with E-state index in [1.807, 2.05) is 6.07 Å². The lowest BCUT2D eigenvalue weighted by molar-refractivity contribution is -0.124. The van der Waals surface area contributed by atoms with E-state index in [0.29, 0.717) is 0 Å². The largest absolute Gasteiger partial charge is 0.452 e. The number of hydrogen-bond donors (Lipinski definition) is 2. The molecule has 106 valence electrons. The summed E-state index contributed by atoms with van der Waals surface area (Å²) in [6.07, 6.45) is 0.184. The van der Waals surface area contributed by atoms with E-state index in [-0.39, 0.29) is 34.3 Å². The van der Waals surface area contributed by atoms with Gasteiger partial charge in [0.1, 0.15) is 0 Å². The summed E-state index contributed by atoms with van der Waals surface area (Å²) in [6.45, 7) is -0.253. The van der Waals surface area contributed by atoms with E-state index in [1.165, 1.54) is 12.1 Å². The molecule has 3 N–H and O–H groups in total. The molecule has 1 rings (SSSR count). The first kappa shape index (κ1) is 16.1. The maximum atomic E-state index is 11.7. The fraction of sp³-hybridized carbons (Fsp3) is 0.250. The quantitative estimate of drug-likeness (QED) is 0.489. The molecule has 0 spiro atoms. The number of rotatable bonds is 5. The third-order valence-corrected chi connectivity index (χ3v) is 3.00. The summed E-state index contributed by atoms with van der Waals surface area (Å²) in [5.41, 5.74) is 5.80. The first-order chi connectivity index (χ1) is 9.45. The molecule has 20 heavy (non-hydrogen) atoms. The van der Waals surface area contributed by atoms with Crippen LogP contribution in [0.15, 0.2) is 12.1 Å². The van der Waals surface area contributed by atoms with Crippen molar-refractivity contribution in [1.29, 1.82) is 5.26 Å². The average molecular weight is 316 g/mol. The second-order valence-corrected chi connectivity index (χ2v) is 4.48. The standard InChI is InChI=1S/C12H11Cl2N3O3/c13-8-4-7(5-9(16)11(8)14)12(19)20-6-10(18)17-3-1-2-15/h4-5H,1,3,6,16H2,(H,17,18). The number of esters is 1. The minimum absolute atomic E-state index is 0.0988. The molecule has 0 heterocycles. The number of amides is 1. The van der Waals surface area contributed by atoms with Crippen molar-refractivity contribution in [1.82, 2.24) is 5.32 Å². The van der Waals surface area contributed by atoms with Gasteiger partial charge in [-0.25, -0.2) is 4.79 Å². The molecule has 6 nitrogen and oxygen atoms in total. The third kappa shape index (κ3) is 4.61. The van der Waals surface area contributed by atoms with Gasteiger partial charge in [0.25, 0.3) is 5.91 Å². The van der Waals surface area contributed by atoms with Crippen LogP contribution in [-0.2, 0) is 9.53 Å². The van der Waals surface area contributed by atoms with Crippen LogP contribution in [0.3, 0.4) is 0 Å². The molecule has 0 fully saturated rings. The van der Waals surface area contributed by atoms with Crippen molar-refractivity contribution in [3.05, 3.63) is 27.7 Å². The van der Waals surface area contributed by atoms with Crippen molar-refractivity contribution in [2.45, 2.75) is 6.42 Å². The highest BCUT2D eigenvalue weighted by atomic mass is 35.5. The third-order valence-electron chi connectivity index (χ3n) is 2.19. The number of nitrogens with two attached hydrogens (primary N) is 1. The molecule has 0 radical (unpaired) electrons. The second-order valence-electron chi connectivity index (χ2n) is 3.70. The fourth-order valence-electron chi connectivity index (χ4n) is 1.25. The Hall–Kier alpha value is -1.97. The monoisotopic (exact) mass is 315 g/mol. The molecule has 1 amide bonds. The Labute approximate surface area is 125 Å². The minimum atomic E-state index is -0.745. The number of benzene rings is 1. The van der Waals surface area contributed by atoms with Gasteiger partial charge in [-0.1, -0.05) is 23.2 Å². The summed E-state index contributed by atoms with van der Waals surface area (Å²) in [6, 6.07) is 4.48. The molecule has 0 saturated heterocycles. The lowest BCUT2D eigenvalue weighted by Gasteiger charge is -2.07. The van der Waals surface area contributed by atoms with Crippen molar-refractivity contribution < 1.29 is 14.3 Å². The summed E-state index contributed by atoms with van der Waals surface area (Å²) >= 11 is 11.5. The SMILES string of the molecule is N#CCCNC(=O)COC(=O)c1cc(N)c(Cl)c(Cl)c1. The van der Waals surface area contributed by atoms with E-state index in [0.717, 1.165) is 0 Å². The van der Waals surface area contributed by atoms with E-state index < -0.39 is 18.5 Å². The lowest BCUT2D eigenvalue weighted by Crippen LogP contribution is -2.29. The highest BCUT2D eigenvalue weighted by Gasteiger charge is 2.13. The molecule has 0 saturated carbocycles. The fourth-order valence-corrected chi connectivity index (χ4v) is 1.59. The molecular weight excluding hydrogens is 305 g/mol. The van der Waals surface area contributed by atoms with E-state index in [1.54, 1.807) is 0 Å². The van der Waals surface area contributed by atoms with Gasteiger partial charge in [-0.3, -0.25) is 4.79 Å². The smallest absolute Gasteiger partial charge is 0.338 e. The van der Waals surface area contributed by atoms with Gasteiger partial charge >= 0.3 is 5.97 Å². The van der Waals surface area contributed by atoms with E-state index in [9.17, 15) is 9.59 Å². The highest BCUT2D eigenvalue weighted by molar-refractivity contribution is 6.43. The number of hydrogen-bond acceptors (Lipinski definition) is 5. The van der Waals surface area contributed by atoms with Crippen LogP contribution in [-0.4, -0.2) is 25.0 Å². The van der Waals surface area contributed by atoms with Crippen LogP contribution in [0.4, 0.5) is 5.69 Å². The molecule has 0 aliphatic rings. The molecule has 0 aromatic heterocycles. The molecule has 0 unspecified atom stereocenters. The molecule has 1 aromatic carbocycles. The number of nitrogen functional groups attached to an aromatic ring is 1. The van der Waals surface area contributed by atoms with Crippen LogP contribution in [0.25, 0.3) is 0 Å². The Balaban J connectivity index is 2.56. The van der Waals surface area contributed by atoms with Gasteiger partial charge in [0.05, 0.1) is 33.8 Å². The number of carbonyl (C=O) groups excluding carboxylic acids is 2. The molecular formula is C12H11Cl2N3O3. The summed E-state index contributed by atoms with van der Waals surface area (Å²) < 4.78 is 4.78. The van der Waals surface area contributed by atoms with Crippen LogP contribution in [0.5, 0.6) is 0 Å². The Morgan fingerprint density at radius 2 is 2.10 bits per heavy atom. The minimum Gasteiger partial charge on any atom is -0.452 e. The van der Waals surface area contributed by atoms with Gasteiger partial charge < -0.3 is 15.8 Å². The highest BCUT2D eigenvalue weighted by Crippen LogP contribution is 2.29. The number of carbonyl (C=O) groups is 2. The van der Waals surface area contributed by atoms with Gasteiger partial charge in [0.2, 0.25) is 0 Å². The van der Waals surface area contributed by atoms with E-state index in [4.69, 9.17) is 38.9 Å². The Morgan fingerprint density at radius 3 is 2.70 bits per heavy atom. The van der Waals surface area contributed by atoms with Crippen LogP contribution in [0.2, 0.25) is 10.0 Å². The van der Waals surface area contributed by atoms with Crippen molar-refractivity contribution in [3.8, 4) is 6.07 Å². The Kier molecular flexibility index (Phi) is 6.10. The van der Waals surface area contributed by atoms with Gasteiger partial charge in [0.15, 0.2) is 6.61 Å². The summed E-state index contributed by atoms with van der Waals surface area (Å²) in [4.78, 5) is 23.0. The topological polar surface area (TPSA) is 105 Å². The molecule has 0 aliphatic carbocycles. The summed E-state index contributed by atoms with van der Waals surface area (Å²) in [5, 5.41) is 11.0. The number of anilines is 1. The number of nitriles is 1. The molecule has 0 atom stereocenters. The summed E-state index contributed by atoms with van der Waals surface area (Å²) in [5.74, 6) is -1.24. The van der Waals surface area contributed by atoms with Crippen molar-refractivity contribution in [2.24, 2.45) is 0 Å². The average Bonchev–Trinajstić information content (AvgIpc) is 2.41. The number of ether oxygens (including phenoxy) is 1. The van der Waals surface area contributed by atoms with Gasteiger partial charge in [0, 0.05) is 6.54 Å². The zero-order chi connectivity index (χ0) is 15.1. The molecule has 1 aromatic rings. The number of halogens is 2. The van der Waals surface area contributed by atoms with Crippen molar-refractivity contribution in [2.75, 3.05) is 18.9 Å². The Bertz CT molecular complexity index is 547. The molecule has 0 bridgehead atoms. The van der Waals surface area contributed by atoms with Crippen LogP contribution in [0, 0.1) is 11.3 Å². The summed E-state index contributed by atoms with van der Waals surface area (Å²) in [7, 11) is 0. The predicted octanol–water partition coefficient (Wildman–Crippen LogP) is 1.76. The maximum absolute atomic E-state index is 11.7. The van der Waals surface area contributed by atoms with Gasteiger partial charge in [-0.2, -0.15) is 5.26 Å². The molecule has 0 aliphatic heterocycles. The Morgan fingerprint density at radius 1 is 1.40 bits per heavy atom. The normalized spacial score (nSPS) is 9.65. The van der Waals surface area contributed by atoms with Crippen LogP contribution < -0.4 is 11.1 Å². The number of nitrogens with one attached hydrogen (secondary N) is 1. The van der Waals surface area contributed by atoms with Crippen molar-refractivity contribution >= 4 is 40.8 Å². The maximum Gasteiger partial charge on any atom is 0.338 e. The first-order valence-corrected chi connectivity index (χ1v) is 6.26. The van der Waals surface area contributed by atoms with E-state index >= 15 is 0 Å². The zero-order valence-electron chi connectivity index (χ0n) is 10.3. The first-order valence-electron chi connectivity index (χ1n) is 5.51. The van der Waals surface area contributed by atoms with Crippen LogP contribution in [0.1, 0.15) is 16.8 Å².